The van der Waals surface area contributed by atoms with Crippen molar-refractivity contribution >= 4 is 5.69 Å². The van der Waals surface area contributed by atoms with Gasteiger partial charge in [-0.3, -0.25) is 0 Å². The normalized spacial score (nSPS) is 10.2. The largest absolute Gasteiger partial charge is 0.385 e. The Morgan fingerprint density at radius 1 is 1.18 bits per heavy atom. The fourth-order valence-corrected chi connectivity index (χ4v) is 1.74. The highest BCUT2D eigenvalue weighted by Gasteiger charge is 1.98. The van der Waals surface area contributed by atoms with Gasteiger partial charge in [0.2, 0.25) is 0 Å². The van der Waals surface area contributed by atoms with Gasteiger partial charge < -0.3 is 10.2 Å². The van der Waals surface area contributed by atoms with Gasteiger partial charge in [0.15, 0.2) is 0 Å². The van der Waals surface area contributed by atoms with E-state index in [1.54, 1.807) is 0 Å². The third-order valence-corrected chi connectivity index (χ3v) is 2.89. The Labute approximate surface area is 104 Å². The summed E-state index contributed by atoms with van der Waals surface area (Å²) in [6.45, 7) is 8.73. The fourth-order valence-electron chi connectivity index (χ4n) is 1.74. The summed E-state index contributed by atoms with van der Waals surface area (Å²) >= 11 is 0. The predicted molar refractivity (Wildman–Crippen MR) is 72.1 cm³/mol. The molecule has 0 atom stereocenters. The van der Waals surface area contributed by atoms with E-state index in [2.05, 4.69) is 30.1 Å². The van der Waals surface area contributed by atoms with E-state index in [4.69, 9.17) is 5.26 Å². The van der Waals surface area contributed by atoms with E-state index in [-0.39, 0.29) is 0 Å². The maximum atomic E-state index is 8.68. The number of nitrogens with zero attached hydrogens (tertiary/aromatic N) is 2. The van der Waals surface area contributed by atoms with Gasteiger partial charge in [-0.05, 0) is 50.3 Å². The van der Waals surface area contributed by atoms with Gasteiger partial charge in [0.05, 0.1) is 11.6 Å². The molecule has 92 valence electrons. The minimum atomic E-state index is 0.707. The van der Waals surface area contributed by atoms with E-state index >= 15 is 0 Å². The quantitative estimate of drug-likeness (QED) is 0.733. The molecule has 17 heavy (non-hydrogen) atoms. The van der Waals surface area contributed by atoms with Crippen LogP contribution < -0.4 is 5.32 Å². The maximum absolute atomic E-state index is 8.68. The first-order valence-corrected chi connectivity index (χ1v) is 6.26. The molecule has 0 spiro atoms. The maximum Gasteiger partial charge on any atom is 0.0991 e. The molecule has 3 nitrogen and oxygen atoms in total. The second-order valence-electron chi connectivity index (χ2n) is 4.00. The van der Waals surface area contributed by atoms with Crippen molar-refractivity contribution in [3.63, 3.8) is 0 Å². The molecule has 0 unspecified atom stereocenters. The lowest BCUT2D eigenvalue weighted by atomic mass is 10.2. The molecule has 0 aliphatic heterocycles. The molecule has 0 bridgehead atoms. The Kier molecular flexibility index (Phi) is 6.13. The number of benzene rings is 1. The molecule has 0 amide bonds. The molecular formula is C14H21N3. The predicted octanol–water partition coefficient (Wildman–Crippen LogP) is 2.70. The summed E-state index contributed by atoms with van der Waals surface area (Å²) in [7, 11) is 0. The summed E-state index contributed by atoms with van der Waals surface area (Å²) in [6, 6.07) is 9.71. The van der Waals surface area contributed by atoms with E-state index in [0.29, 0.717) is 5.56 Å². The van der Waals surface area contributed by atoms with Crippen LogP contribution in [-0.4, -0.2) is 31.1 Å². The van der Waals surface area contributed by atoms with Crippen LogP contribution in [0.25, 0.3) is 0 Å². The van der Waals surface area contributed by atoms with Gasteiger partial charge in [-0.2, -0.15) is 5.26 Å². The lowest BCUT2D eigenvalue weighted by Gasteiger charge is -2.17. The third kappa shape index (κ3) is 4.88. The lowest BCUT2D eigenvalue weighted by Crippen LogP contribution is -2.25. The van der Waals surface area contributed by atoms with Crippen molar-refractivity contribution in [2.24, 2.45) is 0 Å². The SMILES string of the molecule is CCN(CC)CCCNc1ccc(C#N)cc1. The van der Waals surface area contributed by atoms with Crippen LogP contribution in [0.4, 0.5) is 5.69 Å². The van der Waals surface area contributed by atoms with Crippen molar-refractivity contribution in [3.8, 4) is 6.07 Å². The molecular weight excluding hydrogens is 210 g/mol. The summed E-state index contributed by atoms with van der Waals surface area (Å²) in [5.41, 5.74) is 1.79. The number of hydrogen-bond donors (Lipinski definition) is 1. The van der Waals surface area contributed by atoms with Gasteiger partial charge in [-0.25, -0.2) is 0 Å². The first-order valence-electron chi connectivity index (χ1n) is 6.26. The Bertz CT molecular complexity index is 347. The third-order valence-electron chi connectivity index (χ3n) is 2.89. The fraction of sp³-hybridized carbons (Fsp3) is 0.500. The van der Waals surface area contributed by atoms with Crippen molar-refractivity contribution < 1.29 is 0 Å². The highest BCUT2D eigenvalue weighted by molar-refractivity contribution is 5.46. The van der Waals surface area contributed by atoms with Gasteiger partial charge in [-0.15, -0.1) is 0 Å². The van der Waals surface area contributed by atoms with Gasteiger partial charge >= 0.3 is 0 Å². The van der Waals surface area contributed by atoms with Crippen LogP contribution in [0, 0.1) is 11.3 Å². The van der Waals surface area contributed by atoms with Crippen LogP contribution in [0.2, 0.25) is 0 Å². The summed E-state index contributed by atoms with van der Waals surface area (Å²) in [4.78, 5) is 2.42. The second-order valence-corrected chi connectivity index (χ2v) is 4.00. The zero-order chi connectivity index (χ0) is 12.5. The molecule has 0 heterocycles. The number of nitriles is 1. The molecule has 0 aliphatic carbocycles. The van der Waals surface area contributed by atoms with Crippen molar-refractivity contribution in [1.82, 2.24) is 4.90 Å². The lowest BCUT2D eigenvalue weighted by molar-refractivity contribution is 0.303. The van der Waals surface area contributed by atoms with Crippen LogP contribution >= 0.6 is 0 Å². The minimum Gasteiger partial charge on any atom is -0.385 e. The first kappa shape index (κ1) is 13.5. The number of hydrogen-bond acceptors (Lipinski definition) is 3. The molecule has 1 aromatic carbocycles. The number of rotatable bonds is 7. The van der Waals surface area contributed by atoms with E-state index in [9.17, 15) is 0 Å². The second kappa shape index (κ2) is 7.70. The van der Waals surface area contributed by atoms with Crippen molar-refractivity contribution in [2.75, 3.05) is 31.5 Å². The van der Waals surface area contributed by atoms with Gasteiger partial charge in [0.25, 0.3) is 0 Å². The monoisotopic (exact) mass is 231 g/mol. The summed E-state index contributed by atoms with van der Waals surface area (Å²) in [6.07, 6.45) is 1.14. The summed E-state index contributed by atoms with van der Waals surface area (Å²) < 4.78 is 0. The van der Waals surface area contributed by atoms with E-state index in [1.807, 2.05) is 24.3 Å². The van der Waals surface area contributed by atoms with Crippen molar-refractivity contribution in [2.45, 2.75) is 20.3 Å². The van der Waals surface area contributed by atoms with Crippen molar-refractivity contribution in [3.05, 3.63) is 29.8 Å². The molecule has 0 saturated carbocycles. The molecule has 0 aromatic heterocycles. The zero-order valence-corrected chi connectivity index (χ0v) is 10.7. The molecule has 0 saturated heterocycles. The van der Waals surface area contributed by atoms with Crippen molar-refractivity contribution in [1.29, 1.82) is 5.26 Å². The van der Waals surface area contributed by atoms with Crippen LogP contribution in [-0.2, 0) is 0 Å². The van der Waals surface area contributed by atoms with E-state index in [0.717, 1.165) is 38.3 Å². The van der Waals surface area contributed by atoms with Crippen LogP contribution in [0.15, 0.2) is 24.3 Å². The van der Waals surface area contributed by atoms with Gasteiger partial charge in [0.1, 0.15) is 0 Å². The van der Waals surface area contributed by atoms with Gasteiger partial charge in [-0.1, -0.05) is 13.8 Å². The average molecular weight is 231 g/mol. The molecule has 1 N–H and O–H groups in total. The first-order chi connectivity index (χ1) is 8.30. The standard InChI is InChI=1S/C14H21N3/c1-3-17(4-2)11-5-10-16-14-8-6-13(12-15)7-9-14/h6-9,16H,3-5,10-11H2,1-2H3. The topological polar surface area (TPSA) is 39.1 Å². The summed E-state index contributed by atoms with van der Waals surface area (Å²) in [5.74, 6) is 0. The smallest absolute Gasteiger partial charge is 0.0991 e. The Morgan fingerprint density at radius 2 is 1.82 bits per heavy atom. The van der Waals surface area contributed by atoms with Crippen LogP contribution in [0.3, 0.4) is 0 Å². The Balaban J connectivity index is 2.24. The minimum absolute atomic E-state index is 0.707. The Hall–Kier alpha value is -1.53. The van der Waals surface area contributed by atoms with Crippen LogP contribution in [0.1, 0.15) is 25.8 Å². The molecule has 0 radical (unpaired) electrons. The van der Waals surface area contributed by atoms with E-state index in [1.165, 1.54) is 0 Å². The molecule has 1 rings (SSSR count). The highest BCUT2D eigenvalue weighted by Crippen LogP contribution is 2.08. The highest BCUT2D eigenvalue weighted by atomic mass is 15.1. The number of anilines is 1. The van der Waals surface area contributed by atoms with E-state index < -0.39 is 0 Å². The molecule has 0 aliphatic rings. The average Bonchev–Trinajstić information content (AvgIpc) is 2.40. The molecule has 3 heteroatoms. The van der Waals surface area contributed by atoms with Crippen LogP contribution in [0.5, 0.6) is 0 Å². The molecule has 1 aromatic rings. The van der Waals surface area contributed by atoms with Gasteiger partial charge in [0, 0.05) is 12.2 Å². The zero-order valence-electron chi connectivity index (χ0n) is 10.7. The number of nitrogens with one attached hydrogen (secondary N) is 1. The molecule has 0 fully saturated rings. The summed E-state index contributed by atoms with van der Waals surface area (Å²) in [5, 5.41) is 12.0. The Morgan fingerprint density at radius 3 is 2.35 bits per heavy atom.